The molecule has 13 rings (SSSR count). The Kier molecular flexibility index (Phi) is 24.8. The molecule has 25 nitrogen and oxygen atoms in total. The number of H-pyrrole nitrogens is 1. The lowest BCUT2D eigenvalue weighted by Crippen LogP contribution is -2.34. The fourth-order valence-corrected chi connectivity index (χ4v) is 15.9. The van der Waals surface area contributed by atoms with Gasteiger partial charge in [0.1, 0.15) is 43.1 Å². The molecular formula is C80H83Br2F2N13O12S3. The Morgan fingerprint density at radius 1 is 0.446 bits per heavy atom. The van der Waals surface area contributed by atoms with Crippen molar-refractivity contribution >= 4 is 169 Å². The van der Waals surface area contributed by atoms with Crippen LogP contribution in [0.25, 0.3) is 43.6 Å². The molecule has 0 saturated heterocycles. The maximum Gasteiger partial charge on any atom is 0.414 e. The van der Waals surface area contributed by atoms with Gasteiger partial charge in [0, 0.05) is 138 Å². The summed E-state index contributed by atoms with van der Waals surface area (Å²) >= 11 is 6.80. The number of carbonyl (C=O) groups is 3. The van der Waals surface area contributed by atoms with Gasteiger partial charge in [-0.3, -0.25) is 29.7 Å². The number of rotatable bonds is 14. The second-order valence-electron chi connectivity index (χ2n) is 28.6. The Labute approximate surface area is 665 Å². The summed E-state index contributed by atoms with van der Waals surface area (Å²) in [5.74, 6) is -0.807. The normalized spacial score (nSPS) is 11.8. The molecule has 586 valence electrons. The molecule has 3 amide bonds. The van der Waals surface area contributed by atoms with Crippen LogP contribution in [-0.4, -0.2) is 120 Å². The zero-order valence-electron chi connectivity index (χ0n) is 63.8. The Morgan fingerprint density at radius 3 is 1.19 bits per heavy atom. The molecule has 0 bridgehead atoms. The first kappa shape index (κ1) is 83.3. The number of benzene rings is 6. The zero-order chi connectivity index (χ0) is 81.7. The molecule has 0 aliphatic heterocycles. The minimum absolute atomic E-state index is 0.0173. The van der Waals surface area contributed by atoms with E-state index in [0.29, 0.717) is 65.9 Å². The van der Waals surface area contributed by atoms with E-state index < -0.39 is 64.9 Å². The van der Waals surface area contributed by atoms with Gasteiger partial charge in [0.15, 0.2) is 0 Å². The standard InChI is InChI=1S/C26H27FN4O4S.C21H19FN4O2S.C19H20BrN3O4S.C14H17BrN2O2/c1-17-8-11-22(21(27)13-17)29-18-9-10-20-23(14-18)31(36(33,34)19-7-6-12-28-15-19)16-24(20)30(5)25(32)35-26(2,3)4;1-14-5-8-19(18(22)10-14)25-15-6-7-17-20(23-2)13-26(21(17)11-15)29(27,28)16-4-3-9-24-12-16;1-19(2,3)27-18(24)22(4)17-12-23(16-10-13(20)7-8-15(16)17)28(25,26)14-6-5-9-21-11-14;1-14(2,3)19-13(18)17(4)12-8-16-11-7-9(15)5-6-10(11)12/h6-16,29H,1-5H3;3-13,23,25H,1-2H3;5-12H,1-4H3;5-8,16H,1-4H3. The van der Waals surface area contributed by atoms with Gasteiger partial charge in [0.05, 0.1) is 50.7 Å². The number of hydrogen-bond donors (Lipinski definition) is 4. The third-order valence-electron chi connectivity index (χ3n) is 16.6. The molecule has 7 aromatic heterocycles. The molecule has 4 N–H and O–H groups in total. The van der Waals surface area contributed by atoms with Crippen molar-refractivity contribution in [3.05, 3.63) is 239 Å². The van der Waals surface area contributed by atoms with Gasteiger partial charge < -0.3 is 35.1 Å². The quantitative estimate of drug-likeness (QED) is 0.0735. The molecule has 7 heterocycles. The highest BCUT2D eigenvalue weighted by atomic mass is 79.9. The molecule has 0 fully saturated rings. The van der Waals surface area contributed by atoms with Crippen LogP contribution in [0.5, 0.6) is 0 Å². The van der Waals surface area contributed by atoms with Gasteiger partial charge in [-0.05, 0) is 221 Å². The van der Waals surface area contributed by atoms with E-state index >= 15 is 0 Å². The highest BCUT2D eigenvalue weighted by Crippen LogP contribution is 2.39. The second kappa shape index (κ2) is 33.4. The number of fused-ring (bicyclic) bond motifs is 4. The van der Waals surface area contributed by atoms with Crippen LogP contribution < -0.4 is 30.7 Å². The number of anilines is 8. The van der Waals surface area contributed by atoms with E-state index in [1.54, 1.807) is 167 Å². The molecule has 32 heteroatoms. The van der Waals surface area contributed by atoms with Crippen LogP contribution in [0, 0.1) is 25.5 Å². The molecule has 0 aliphatic carbocycles. The molecule has 6 aromatic carbocycles. The molecule has 0 spiro atoms. The van der Waals surface area contributed by atoms with Crippen molar-refractivity contribution in [3.8, 4) is 0 Å². The number of halogens is 4. The topological polar surface area (TPSA) is 296 Å². The number of aryl methyl sites for hydroxylation is 2. The summed E-state index contributed by atoms with van der Waals surface area (Å²) in [6.45, 7) is 19.7. The Bertz CT molecular complexity index is 6030. The van der Waals surface area contributed by atoms with Crippen molar-refractivity contribution in [1.29, 1.82) is 0 Å². The first-order valence-corrected chi connectivity index (χ1v) is 40.4. The van der Waals surface area contributed by atoms with Gasteiger partial charge in [0.2, 0.25) is 0 Å². The van der Waals surface area contributed by atoms with E-state index in [0.717, 1.165) is 45.5 Å². The fraction of sp³-hybridized carbons (Fsp3) is 0.225. The average molecular weight is 1710 g/mol. The van der Waals surface area contributed by atoms with Crippen molar-refractivity contribution in [3.63, 3.8) is 0 Å². The van der Waals surface area contributed by atoms with Gasteiger partial charge in [-0.2, -0.15) is 0 Å². The number of nitrogens with zero attached hydrogens (tertiary/aromatic N) is 9. The van der Waals surface area contributed by atoms with E-state index in [2.05, 4.69) is 67.7 Å². The number of aromatic amines is 1. The number of carbonyl (C=O) groups excluding carboxylic acids is 3. The predicted molar refractivity (Wildman–Crippen MR) is 442 cm³/mol. The van der Waals surface area contributed by atoms with Gasteiger partial charge in [-0.15, -0.1) is 0 Å². The van der Waals surface area contributed by atoms with Crippen LogP contribution in [0.15, 0.2) is 231 Å². The molecule has 13 aromatic rings. The van der Waals surface area contributed by atoms with Crippen LogP contribution in [0.2, 0.25) is 0 Å². The summed E-state index contributed by atoms with van der Waals surface area (Å²) in [6.07, 6.45) is 12.9. The molecular weight excluding hydrogens is 1630 g/mol. The van der Waals surface area contributed by atoms with Gasteiger partial charge in [-0.1, -0.05) is 44.0 Å². The first-order chi connectivity index (χ1) is 52.5. The summed E-state index contributed by atoms with van der Waals surface area (Å²) in [6, 6.07) is 40.1. The number of ether oxygens (including phenoxy) is 3. The van der Waals surface area contributed by atoms with Crippen molar-refractivity contribution in [2.45, 2.75) is 108 Å². The van der Waals surface area contributed by atoms with Crippen molar-refractivity contribution < 1.29 is 62.6 Å². The highest BCUT2D eigenvalue weighted by Gasteiger charge is 2.31. The second-order valence-corrected chi connectivity index (χ2v) is 35.9. The predicted octanol–water partition coefficient (Wildman–Crippen LogP) is 19.1. The van der Waals surface area contributed by atoms with Crippen molar-refractivity contribution in [2.24, 2.45) is 0 Å². The van der Waals surface area contributed by atoms with Crippen LogP contribution >= 0.6 is 31.9 Å². The van der Waals surface area contributed by atoms with Gasteiger partial charge >= 0.3 is 18.3 Å². The Hall–Kier alpha value is -11.2. The number of hydrogen-bond acceptors (Lipinski definition) is 18. The number of aromatic nitrogens is 7. The highest BCUT2D eigenvalue weighted by molar-refractivity contribution is 9.10. The lowest BCUT2D eigenvalue weighted by Gasteiger charge is -2.24. The minimum Gasteiger partial charge on any atom is -0.443 e. The Morgan fingerprint density at radius 2 is 0.804 bits per heavy atom. The van der Waals surface area contributed by atoms with E-state index in [4.69, 9.17) is 14.2 Å². The number of amides is 3. The van der Waals surface area contributed by atoms with Crippen LogP contribution in [0.1, 0.15) is 73.4 Å². The van der Waals surface area contributed by atoms with E-state index in [-0.39, 0.29) is 32.3 Å². The Balaban J connectivity index is 0.000000162. The summed E-state index contributed by atoms with van der Waals surface area (Å²) in [5, 5.41) is 11.8. The summed E-state index contributed by atoms with van der Waals surface area (Å²) in [4.78, 5) is 56.4. The maximum absolute atomic E-state index is 14.4. The molecule has 0 saturated carbocycles. The molecule has 0 atom stereocenters. The lowest BCUT2D eigenvalue weighted by molar-refractivity contribution is 0.0579. The smallest absolute Gasteiger partial charge is 0.414 e. The molecule has 112 heavy (non-hydrogen) atoms. The van der Waals surface area contributed by atoms with E-state index in [9.17, 15) is 48.4 Å². The first-order valence-electron chi connectivity index (χ1n) is 34.5. The summed E-state index contributed by atoms with van der Waals surface area (Å²) < 4.78 is 130. The lowest BCUT2D eigenvalue weighted by atomic mass is 10.2. The van der Waals surface area contributed by atoms with Crippen LogP contribution in [0.4, 0.5) is 68.7 Å². The third-order valence-corrected chi connectivity index (χ3v) is 22.6. The van der Waals surface area contributed by atoms with E-state index in [1.807, 2.05) is 45.9 Å². The van der Waals surface area contributed by atoms with Crippen LogP contribution in [-0.2, 0) is 44.3 Å². The van der Waals surface area contributed by atoms with Gasteiger partial charge in [-0.25, -0.2) is 60.3 Å². The average Bonchev–Trinajstić information content (AvgIpc) is 1.61. The monoisotopic (exact) mass is 1710 g/mol. The fourth-order valence-electron chi connectivity index (χ4n) is 11.3. The van der Waals surface area contributed by atoms with Crippen molar-refractivity contribution in [1.82, 2.24) is 31.9 Å². The van der Waals surface area contributed by atoms with Crippen molar-refractivity contribution in [2.75, 3.05) is 58.8 Å². The number of nitrogens with one attached hydrogen (secondary N) is 4. The van der Waals surface area contributed by atoms with Gasteiger partial charge in [0.25, 0.3) is 30.1 Å². The number of pyridine rings is 3. The van der Waals surface area contributed by atoms with E-state index in [1.165, 1.54) is 118 Å². The largest absolute Gasteiger partial charge is 0.443 e. The molecule has 0 unspecified atom stereocenters. The minimum atomic E-state index is -4.07. The maximum atomic E-state index is 14.4. The summed E-state index contributed by atoms with van der Waals surface area (Å²) in [5.41, 5.74) is 5.69. The molecule has 0 aliphatic rings. The SMILES string of the molecule is CN(C(=O)OC(C)(C)C)c1c[nH]c2cc(Br)ccc12.CN(C(=O)OC(C)(C)C)c1cn(S(=O)(=O)c2cccnc2)c2cc(Br)ccc12.CNc1cn(S(=O)(=O)c2cccnc2)c2cc(Nc3ccc(C)cc3F)ccc12.Cc1ccc(Nc2ccc3c(N(C)C(=O)OC(C)(C)C)cn(S(=O)(=O)c4cccnc4)c3c2)c(F)c1. The zero-order valence-corrected chi connectivity index (χ0v) is 69.4. The summed E-state index contributed by atoms with van der Waals surface area (Å²) in [7, 11) is -5.32. The molecule has 0 radical (unpaired) electrons. The van der Waals surface area contributed by atoms with Crippen LogP contribution in [0.3, 0.4) is 0 Å². The third kappa shape index (κ3) is 19.4.